The third kappa shape index (κ3) is 1.94. The Bertz CT molecular complexity index is 368. The molecule has 0 aliphatic rings. The maximum Gasteiger partial charge on any atom is 0.206 e. The highest BCUT2D eigenvalue weighted by molar-refractivity contribution is 7.09. The third-order valence-corrected chi connectivity index (χ3v) is 2.10. The molecule has 4 nitrogen and oxygen atoms in total. The van der Waals surface area contributed by atoms with Gasteiger partial charge in [0.15, 0.2) is 0 Å². The van der Waals surface area contributed by atoms with Crippen LogP contribution in [0.4, 0.5) is 16.5 Å². The van der Waals surface area contributed by atoms with Crippen molar-refractivity contribution in [2.45, 2.75) is 0 Å². The van der Waals surface area contributed by atoms with Gasteiger partial charge in [-0.2, -0.15) is 4.37 Å². The van der Waals surface area contributed by atoms with E-state index in [-0.39, 0.29) is 0 Å². The molecular formula is C8H8N4S. The molecule has 2 rings (SSSR count). The zero-order chi connectivity index (χ0) is 9.10. The van der Waals surface area contributed by atoms with Gasteiger partial charge in [0.1, 0.15) is 6.33 Å². The smallest absolute Gasteiger partial charge is 0.206 e. The number of rotatable bonds is 2. The highest BCUT2D eigenvalue weighted by Gasteiger charge is 1.95. The second kappa shape index (κ2) is 3.40. The lowest BCUT2D eigenvalue weighted by Gasteiger charge is -2.00. The molecule has 0 bridgehead atoms. The number of anilines is 3. The Morgan fingerprint density at radius 1 is 1.23 bits per heavy atom. The van der Waals surface area contributed by atoms with E-state index in [9.17, 15) is 0 Å². The van der Waals surface area contributed by atoms with Crippen LogP contribution in [0.3, 0.4) is 0 Å². The molecule has 0 aliphatic heterocycles. The first-order chi connectivity index (χ1) is 6.34. The van der Waals surface area contributed by atoms with Crippen molar-refractivity contribution in [2.24, 2.45) is 0 Å². The van der Waals surface area contributed by atoms with Gasteiger partial charge in [-0.05, 0) is 24.3 Å². The Kier molecular flexibility index (Phi) is 2.09. The molecule has 0 radical (unpaired) electrons. The third-order valence-electron chi connectivity index (χ3n) is 1.52. The summed E-state index contributed by atoms with van der Waals surface area (Å²) in [7, 11) is 0. The maximum absolute atomic E-state index is 5.55. The Labute approximate surface area is 79.6 Å². The lowest BCUT2D eigenvalue weighted by atomic mass is 10.3. The number of nitrogens with zero attached hydrogens (tertiary/aromatic N) is 2. The van der Waals surface area contributed by atoms with Gasteiger partial charge in [0.2, 0.25) is 5.13 Å². The van der Waals surface area contributed by atoms with Crippen LogP contribution in [-0.2, 0) is 0 Å². The van der Waals surface area contributed by atoms with Crippen LogP contribution in [0.5, 0.6) is 0 Å². The fourth-order valence-electron chi connectivity index (χ4n) is 0.918. The molecule has 0 saturated heterocycles. The predicted octanol–water partition coefficient (Wildman–Crippen LogP) is 1.86. The fraction of sp³-hybridized carbons (Fsp3) is 0. The van der Waals surface area contributed by atoms with Gasteiger partial charge in [-0.25, -0.2) is 4.98 Å². The number of benzene rings is 1. The van der Waals surface area contributed by atoms with Gasteiger partial charge in [0.25, 0.3) is 0 Å². The molecule has 3 N–H and O–H groups in total. The topological polar surface area (TPSA) is 63.8 Å². The van der Waals surface area contributed by atoms with Crippen LogP contribution >= 0.6 is 11.5 Å². The largest absolute Gasteiger partial charge is 0.399 e. The quantitative estimate of drug-likeness (QED) is 0.713. The van der Waals surface area contributed by atoms with E-state index in [4.69, 9.17) is 5.73 Å². The average molecular weight is 192 g/mol. The maximum atomic E-state index is 5.55. The second-order valence-electron chi connectivity index (χ2n) is 2.49. The van der Waals surface area contributed by atoms with Crippen molar-refractivity contribution in [3.8, 4) is 0 Å². The summed E-state index contributed by atoms with van der Waals surface area (Å²) in [6.45, 7) is 0. The summed E-state index contributed by atoms with van der Waals surface area (Å²) in [6.07, 6.45) is 1.52. The first-order valence-electron chi connectivity index (χ1n) is 3.74. The van der Waals surface area contributed by atoms with Gasteiger partial charge in [0, 0.05) is 22.9 Å². The summed E-state index contributed by atoms with van der Waals surface area (Å²) in [5.41, 5.74) is 7.26. The van der Waals surface area contributed by atoms with Crippen molar-refractivity contribution in [1.29, 1.82) is 0 Å². The summed E-state index contributed by atoms with van der Waals surface area (Å²) in [6, 6.07) is 7.47. The van der Waals surface area contributed by atoms with E-state index >= 15 is 0 Å². The minimum Gasteiger partial charge on any atom is -0.399 e. The molecule has 1 aromatic heterocycles. The first-order valence-corrected chi connectivity index (χ1v) is 4.51. The van der Waals surface area contributed by atoms with Crippen molar-refractivity contribution in [3.63, 3.8) is 0 Å². The van der Waals surface area contributed by atoms with E-state index in [0.29, 0.717) is 0 Å². The number of hydrogen-bond acceptors (Lipinski definition) is 5. The normalized spacial score (nSPS) is 9.85. The minimum absolute atomic E-state index is 0.753. The van der Waals surface area contributed by atoms with Gasteiger partial charge in [-0.3, -0.25) is 0 Å². The van der Waals surface area contributed by atoms with Crippen molar-refractivity contribution in [2.75, 3.05) is 11.1 Å². The second-order valence-corrected chi connectivity index (χ2v) is 3.27. The summed E-state index contributed by atoms with van der Waals surface area (Å²) in [5, 5.41) is 3.88. The predicted molar refractivity (Wildman–Crippen MR) is 54.0 cm³/mol. The van der Waals surface area contributed by atoms with Gasteiger partial charge in [-0.1, -0.05) is 0 Å². The molecule has 0 fully saturated rings. The molecule has 1 heterocycles. The van der Waals surface area contributed by atoms with Crippen LogP contribution in [0.2, 0.25) is 0 Å². The van der Waals surface area contributed by atoms with Gasteiger partial charge in [0.05, 0.1) is 0 Å². The SMILES string of the molecule is Nc1ccc(Nc2ncns2)cc1. The van der Waals surface area contributed by atoms with Gasteiger partial charge < -0.3 is 11.1 Å². The number of nitrogen functional groups attached to an aromatic ring is 1. The molecule has 2 aromatic rings. The summed E-state index contributed by atoms with van der Waals surface area (Å²) in [4.78, 5) is 4.00. The zero-order valence-electron chi connectivity index (χ0n) is 6.77. The van der Waals surface area contributed by atoms with E-state index in [0.717, 1.165) is 16.5 Å². The number of nitrogens with two attached hydrogens (primary N) is 1. The zero-order valence-corrected chi connectivity index (χ0v) is 7.58. The Balaban J connectivity index is 2.15. The molecule has 0 unspecified atom stereocenters. The summed E-state index contributed by atoms with van der Waals surface area (Å²) >= 11 is 1.32. The molecule has 5 heteroatoms. The number of aromatic nitrogens is 2. The average Bonchev–Trinajstić information content (AvgIpc) is 2.62. The Hall–Kier alpha value is -1.62. The number of hydrogen-bond donors (Lipinski definition) is 2. The van der Waals surface area contributed by atoms with Crippen LogP contribution < -0.4 is 11.1 Å². The molecule has 0 aliphatic carbocycles. The molecular weight excluding hydrogens is 184 g/mol. The van der Waals surface area contributed by atoms with Crippen LogP contribution in [0.25, 0.3) is 0 Å². The van der Waals surface area contributed by atoms with Crippen molar-refractivity contribution in [3.05, 3.63) is 30.6 Å². The summed E-state index contributed by atoms with van der Waals surface area (Å²) in [5.74, 6) is 0. The molecule has 0 saturated carbocycles. The van der Waals surface area contributed by atoms with Crippen molar-refractivity contribution in [1.82, 2.24) is 9.36 Å². The monoisotopic (exact) mass is 192 g/mol. The fourth-order valence-corrected chi connectivity index (χ4v) is 1.37. The molecule has 0 atom stereocenters. The van der Waals surface area contributed by atoms with Crippen LogP contribution in [0, 0.1) is 0 Å². The van der Waals surface area contributed by atoms with Gasteiger partial charge in [-0.15, -0.1) is 0 Å². The highest BCUT2D eigenvalue weighted by atomic mass is 32.1. The number of nitrogens with one attached hydrogen (secondary N) is 1. The molecule has 66 valence electrons. The van der Waals surface area contributed by atoms with E-state index in [1.165, 1.54) is 17.9 Å². The molecule has 0 amide bonds. The van der Waals surface area contributed by atoms with E-state index < -0.39 is 0 Å². The van der Waals surface area contributed by atoms with E-state index in [2.05, 4.69) is 14.7 Å². The minimum atomic E-state index is 0.753. The van der Waals surface area contributed by atoms with Crippen LogP contribution in [0.15, 0.2) is 30.6 Å². The summed E-state index contributed by atoms with van der Waals surface area (Å²) < 4.78 is 3.88. The first kappa shape index (κ1) is 8.00. The Morgan fingerprint density at radius 3 is 2.62 bits per heavy atom. The van der Waals surface area contributed by atoms with E-state index in [1.54, 1.807) is 0 Å². The van der Waals surface area contributed by atoms with Crippen molar-refractivity contribution >= 4 is 28.0 Å². The molecule has 0 spiro atoms. The van der Waals surface area contributed by atoms with Crippen LogP contribution in [0.1, 0.15) is 0 Å². The van der Waals surface area contributed by atoms with E-state index in [1.807, 2.05) is 24.3 Å². The van der Waals surface area contributed by atoms with Crippen molar-refractivity contribution < 1.29 is 0 Å². The molecule has 13 heavy (non-hydrogen) atoms. The lowest BCUT2D eigenvalue weighted by Crippen LogP contribution is -1.89. The molecule has 1 aromatic carbocycles. The lowest BCUT2D eigenvalue weighted by molar-refractivity contribution is 1.32. The Morgan fingerprint density at radius 2 is 2.00 bits per heavy atom. The standard InChI is InChI=1S/C8H8N4S/c9-6-1-3-7(4-2-6)12-8-10-5-11-13-8/h1-5H,9H2,(H,10,11,12). The van der Waals surface area contributed by atoms with Gasteiger partial charge >= 0.3 is 0 Å². The highest BCUT2D eigenvalue weighted by Crippen LogP contribution is 2.17. The van der Waals surface area contributed by atoms with Crippen LogP contribution in [-0.4, -0.2) is 9.36 Å².